The van der Waals surface area contributed by atoms with Gasteiger partial charge in [-0.3, -0.25) is 14.8 Å². The lowest BCUT2D eigenvalue weighted by Gasteiger charge is -2.23. The Morgan fingerprint density at radius 3 is 2.28 bits per heavy atom. The van der Waals surface area contributed by atoms with Gasteiger partial charge in [-0.25, -0.2) is 10.3 Å². The molecular weight excluding hydrogens is 376 g/mol. The van der Waals surface area contributed by atoms with Crippen LogP contribution in [-0.4, -0.2) is 48.4 Å². The molecule has 8 heteroatoms. The Balaban J connectivity index is 2.85. The molecule has 1 aromatic rings. The van der Waals surface area contributed by atoms with E-state index in [4.69, 9.17) is 14.7 Å². The van der Waals surface area contributed by atoms with Crippen molar-refractivity contribution >= 4 is 17.8 Å². The number of ether oxygens (including phenoxy) is 2. The highest BCUT2D eigenvalue weighted by atomic mass is 16.5. The van der Waals surface area contributed by atoms with Crippen LogP contribution in [0.4, 0.5) is 0 Å². The van der Waals surface area contributed by atoms with Crippen LogP contribution in [-0.2, 0) is 30.3 Å². The maximum Gasteiger partial charge on any atom is 0.329 e. The zero-order valence-electron chi connectivity index (χ0n) is 17.5. The van der Waals surface area contributed by atoms with E-state index >= 15 is 0 Å². The van der Waals surface area contributed by atoms with E-state index < -0.39 is 23.8 Å². The fraction of sp³-hybridized carbons (Fsp3) is 0.571. The molecule has 162 valence electrons. The summed E-state index contributed by atoms with van der Waals surface area (Å²) in [5.41, 5.74) is 2.37. The van der Waals surface area contributed by atoms with Gasteiger partial charge >= 0.3 is 5.97 Å². The predicted octanol–water partition coefficient (Wildman–Crippen LogP) is 1.85. The molecule has 1 rings (SSSR count). The number of esters is 1. The van der Waals surface area contributed by atoms with Crippen molar-refractivity contribution in [2.24, 2.45) is 11.8 Å². The maximum atomic E-state index is 12.9. The Kier molecular flexibility index (Phi) is 10.9. The van der Waals surface area contributed by atoms with Gasteiger partial charge in [-0.2, -0.15) is 0 Å². The van der Waals surface area contributed by atoms with Crippen molar-refractivity contribution in [1.82, 2.24) is 10.8 Å². The highest BCUT2D eigenvalue weighted by molar-refractivity contribution is 5.86. The van der Waals surface area contributed by atoms with Gasteiger partial charge in [0.1, 0.15) is 12.6 Å². The summed E-state index contributed by atoms with van der Waals surface area (Å²) in [6.07, 6.45) is 0.522. The van der Waals surface area contributed by atoms with Crippen molar-refractivity contribution in [3.05, 3.63) is 35.9 Å². The minimum absolute atomic E-state index is 0.00524. The molecule has 0 aliphatic rings. The van der Waals surface area contributed by atoms with Crippen molar-refractivity contribution in [3.63, 3.8) is 0 Å². The summed E-state index contributed by atoms with van der Waals surface area (Å²) in [6.45, 7) is 7.07. The molecule has 0 aromatic heterocycles. The predicted molar refractivity (Wildman–Crippen MR) is 107 cm³/mol. The molecule has 0 unspecified atom stereocenters. The molecule has 0 radical (unpaired) electrons. The van der Waals surface area contributed by atoms with Crippen molar-refractivity contribution in [2.75, 3.05) is 13.2 Å². The van der Waals surface area contributed by atoms with Crippen LogP contribution >= 0.6 is 0 Å². The third-order valence-electron chi connectivity index (χ3n) is 4.04. The molecule has 0 aliphatic heterocycles. The molecule has 0 saturated carbocycles. The molecule has 3 N–H and O–H groups in total. The monoisotopic (exact) mass is 408 g/mol. The highest BCUT2D eigenvalue weighted by Crippen LogP contribution is 2.14. The van der Waals surface area contributed by atoms with E-state index in [0.29, 0.717) is 12.8 Å². The first-order valence-electron chi connectivity index (χ1n) is 9.78. The lowest BCUT2D eigenvalue weighted by Crippen LogP contribution is -2.47. The first kappa shape index (κ1) is 24.6. The molecule has 0 heterocycles. The number of hydroxylamine groups is 1. The average molecular weight is 408 g/mol. The Bertz CT molecular complexity index is 648. The number of benzene rings is 1. The van der Waals surface area contributed by atoms with Crippen LogP contribution in [0, 0.1) is 11.8 Å². The van der Waals surface area contributed by atoms with E-state index in [2.05, 4.69) is 5.32 Å². The van der Waals surface area contributed by atoms with Gasteiger partial charge in [-0.05, 0) is 31.7 Å². The number of hydrogen-bond donors (Lipinski definition) is 3. The Hall–Kier alpha value is -2.45. The van der Waals surface area contributed by atoms with Crippen LogP contribution in [0.3, 0.4) is 0 Å². The lowest BCUT2D eigenvalue weighted by molar-refractivity contribution is -0.152. The first-order chi connectivity index (χ1) is 13.7. The van der Waals surface area contributed by atoms with Gasteiger partial charge in [0.2, 0.25) is 5.91 Å². The smallest absolute Gasteiger partial charge is 0.329 e. The third-order valence-corrected chi connectivity index (χ3v) is 4.04. The number of rotatable bonds is 12. The van der Waals surface area contributed by atoms with Crippen LogP contribution in [0.15, 0.2) is 30.3 Å². The molecule has 0 spiro atoms. The normalized spacial score (nSPS) is 13.1. The highest BCUT2D eigenvalue weighted by Gasteiger charge is 2.28. The van der Waals surface area contributed by atoms with Crippen LogP contribution in [0.2, 0.25) is 0 Å². The molecule has 0 bridgehead atoms. The van der Waals surface area contributed by atoms with Crippen LogP contribution < -0.4 is 10.8 Å². The van der Waals surface area contributed by atoms with E-state index in [-0.39, 0.29) is 31.1 Å². The van der Waals surface area contributed by atoms with E-state index in [0.717, 1.165) is 5.56 Å². The van der Waals surface area contributed by atoms with Crippen molar-refractivity contribution in [2.45, 2.75) is 52.7 Å². The van der Waals surface area contributed by atoms with Crippen molar-refractivity contribution in [1.29, 1.82) is 0 Å². The molecular formula is C21H32N2O6. The second-order valence-corrected chi connectivity index (χ2v) is 7.61. The third kappa shape index (κ3) is 10.0. The minimum atomic E-state index is -0.831. The number of carbonyl (C=O) groups is 3. The van der Waals surface area contributed by atoms with Crippen LogP contribution in [0.5, 0.6) is 0 Å². The summed E-state index contributed by atoms with van der Waals surface area (Å²) in [7, 11) is 0. The SMILES string of the molecule is CC(C)C[C@H](COCC(=O)NO)C(=O)N[C@@H](Cc1ccccc1)C(=O)OC(C)C. The summed E-state index contributed by atoms with van der Waals surface area (Å²) >= 11 is 0. The van der Waals surface area contributed by atoms with Crippen molar-refractivity contribution < 1.29 is 29.1 Å². The zero-order valence-corrected chi connectivity index (χ0v) is 17.5. The van der Waals surface area contributed by atoms with Gasteiger partial charge in [0.25, 0.3) is 5.91 Å². The summed E-state index contributed by atoms with van der Waals surface area (Å²) in [6, 6.07) is 8.53. The van der Waals surface area contributed by atoms with Gasteiger partial charge in [0, 0.05) is 6.42 Å². The number of carbonyl (C=O) groups excluding carboxylic acids is 3. The molecule has 29 heavy (non-hydrogen) atoms. The summed E-state index contributed by atoms with van der Waals surface area (Å²) < 4.78 is 10.6. The van der Waals surface area contributed by atoms with Crippen LogP contribution in [0.1, 0.15) is 39.7 Å². The molecule has 1 aromatic carbocycles. The summed E-state index contributed by atoms with van der Waals surface area (Å²) in [4.78, 5) is 36.5. The standard InChI is InChI=1S/C21H32N2O6/c1-14(2)10-17(12-28-13-19(24)23-27)20(25)22-18(21(26)29-15(3)4)11-16-8-6-5-7-9-16/h5-9,14-15,17-18,27H,10-13H2,1-4H3,(H,22,25)(H,23,24)/t17-,18+/m1/s1. The summed E-state index contributed by atoms with van der Waals surface area (Å²) in [5, 5.41) is 11.3. The van der Waals surface area contributed by atoms with Crippen molar-refractivity contribution in [3.8, 4) is 0 Å². The molecule has 2 amide bonds. The van der Waals surface area contributed by atoms with Gasteiger partial charge in [-0.15, -0.1) is 0 Å². The largest absolute Gasteiger partial charge is 0.461 e. The number of nitrogens with one attached hydrogen (secondary N) is 2. The first-order valence-corrected chi connectivity index (χ1v) is 9.78. The zero-order chi connectivity index (χ0) is 21.8. The molecule has 0 saturated heterocycles. The Labute approximate surface area is 171 Å². The van der Waals surface area contributed by atoms with Gasteiger partial charge in [0.15, 0.2) is 0 Å². The number of amides is 2. The van der Waals surface area contributed by atoms with Gasteiger partial charge in [0.05, 0.1) is 18.6 Å². The topological polar surface area (TPSA) is 114 Å². The maximum absolute atomic E-state index is 12.9. The molecule has 2 atom stereocenters. The van der Waals surface area contributed by atoms with Crippen LogP contribution in [0.25, 0.3) is 0 Å². The second kappa shape index (κ2) is 12.9. The molecule has 0 aliphatic carbocycles. The fourth-order valence-corrected chi connectivity index (χ4v) is 2.79. The minimum Gasteiger partial charge on any atom is -0.461 e. The van der Waals surface area contributed by atoms with E-state index in [1.165, 1.54) is 5.48 Å². The quantitative estimate of drug-likeness (QED) is 0.276. The van der Waals surface area contributed by atoms with E-state index in [9.17, 15) is 14.4 Å². The number of hydrogen-bond acceptors (Lipinski definition) is 6. The van der Waals surface area contributed by atoms with E-state index in [1.54, 1.807) is 13.8 Å². The molecule has 8 nitrogen and oxygen atoms in total. The Morgan fingerprint density at radius 1 is 1.07 bits per heavy atom. The van der Waals surface area contributed by atoms with E-state index in [1.807, 2.05) is 44.2 Å². The fourth-order valence-electron chi connectivity index (χ4n) is 2.79. The molecule has 0 fully saturated rings. The average Bonchev–Trinajstić information content (AvgIpc) is 2.66. The summed E-state index contributed by atoms with van der Waals surface area (Å²) in [5.74, 6) is -1.88. The lowest BCUT2D eigenvalue weighted by atomic mass is 9.96. The van der Waals surface area contributed by atoms with Gasteiger partial charge in [-0.1, -0.05) is 44.2 Å². The Morgan fingerprint density at radius 2 is 1.72 bits per heavy atom. The van der Waals surface area contributed by atoms with Gasteiger partial charge < -0.3 is 14.8 Å². The second-order valence-electron chi connectivity index (χ2n) is 7.61.